The van der Waals surface area contributed by atoms with Gasteiger partial charge < -0.3 is 14.6 Å². The highest BCUT2D eigenvalue weighted by molar-refractivity contribution is 5.63. The third kappa shape index (κ3) is 2.63. The minimum atomic E-state index is -0.00495. The highest BCUT2D eigenvalue weighted by Gasteiger charge is 2.18. The Kier molecular flexibility index (Phi) is 3.92. The predicted octanol–water partition coefficient (Wildman–Crippen LogP) is 2.85. The van der Waals surface area contributed by atoms with E-state index < -0.39 is 0 Å². The van der Waals surface area contributed by atoms with Crippen LogP contribution >= 0.6 is 0 Å². The number of rotatable bonds is 5. The number of benzene rings is 2. The lowest BCUT2D eigenvalue weighted by molar-refractivity contribution is 0.201. The van der Waals surface area contributed by atoms with Crippen molar-refractivity contribution >= 4 is 0 Å². The smallest absolute Gasteiger partial charge is 0.144 e. The summed E-state index contributed by atoms with van der Waals surface area (Å²) in [6.45, 7) is 0.997. The van der Waals surface area contributed by atoms with Gasteiger partial charge in [-0.05, 0) is 24.3 Å². The molecule has 0 radical (unpaired) electrons. The fraction of sp³-hybridized carbons (Fsp3) is 0.211. The van der Waals surface area contributed by atoms with Crippen LogP contribution in [0.25, 0.3) is 17.1 Å². The van der Waals surface area contributed by atoms with E-state index >= 15 is 0 Å². The Morgan fingerprint density at radius 1 is 1.21 bits per heavy atom. The van der Waals surface area contributed by atoms with Crippen molar-refractivity contribution in [2.24, 2.45) is 0 Å². The zero-order valence-electron chi connectivity index (χ0n) is 13.2. The molecule has 0 unspecified atom stereocenters. The van der Waals surface area contributed by atoms with E-state index in [1.54, 1.807) is 6.20 Å². The summed E-state index contributed by atoms with van der Waals surface area (Å²) < 4.78 is 13.3. The third-order valence-electron chi connectivity index (χ3n) is 4.07. The van der Waals surface area contributed by atoms with E-state index in [-0.39, 0.29) is 13.2 Å². The summed E-state index contributed by atoms with van der Waals surface area (Å²) in [5, 5.41) is 8.91. The standard InChI is InChI=1S/C19H18N2O3/c22-10-12-23-15-4-1-3-14(13-15)19-20-8-9-21(19)17-5-2-6-18-16(17)7-11-24-18/h1-6,8-9,13,22H,7,10-12H2. The second kappa shape index (κ2) is 6.37. The third-order valence-corrected chi connectivity index (χ3v) is 4.07. The van der Waals surface area contributed by atoms with Gasteiger partial charge in [-0.1, -0.05) is 18.2 Å². The Bertz CT molecular complexity index is 857. The number of aliphatic hydroxyl groups excluding tert-OH is 1. The minimum Gasteiger partial charge on any atom is -0.493 e. The van der Waals surface area contributed by atoms with E-state index in [2.05, 4.69) is 15.6 Å². The Labute approximate surface area is 140 Å². The summed E-state index contributed by atoms with van der Waals surface area (Å²) in [6.07, 6.45) is 4.67. The Hall–Kier alpha value is -2.79. The molecular formula is C19H18N2O3. The van der Waals surface area contributed by atoms with Gasteiger partial charge in [-0.3, -0.25) is 4.57 Å². The van der Waals surface area contributed by atoms with Crippen molar-refractivity contribution in [3.63, 3.8) is 0 Å². The molecule has 1 aliphatic rings. The second-order valence-corrected chi connectivity index (χ2v) is 5.57. The quantitative estimate of drug-likeness (QED) is 0.785. The van der Waals surface area contributed by atoms with Crippen LogP contribution in [0.5, 0.6) is 11.5 Å². The lowest BCUT2D eigenvalue weighted by Crippen LogP contribution is -2.02. The maximum atomic E-state index is 8.91. The average molecular weight is 322 g/mol. The molecule has 0 amide bonds. The number of hydrogen-bond acceptors (Lipinski definition) is 4. The summed E-state index contributed by atoms with van der Waals surface area (Å²) >= 11 is 0. The number of aliphatic hydroxyl groups is 1. The fourth-order valence-electron chi connectivity index (χ4n) is 3.03. The molecule has 0 atom stereocenters. The first-order valence-electron chi connectivity index (χ1n) is 7.99. The zero-order chi connectivity index (χ0) is 16.4. The number of nitrogens with zero attached hydrogens (tertiary/aromatic N) is 2. The van der Waals surface area contributed by atoms with Gasteiger partial charge in [0.05, 0.1) is 18.9 Å². The van der Waals surface area contributed by atoms with E-state index in [4.69, 9.17) is 14.6 Å². The van der Waals surface area contributed by atoms with Crippen molar-refractivity contribution in [2.45, 2.75) is 6.42 Å². The van der Waals surface area contributed by atoms with E-state index in [0.29, 0.717) is 0 Å². The molecule has 0 saturated carbocycles. The van der Waals surface area contributed by atoms with Gasteiger partial charge in [-0.25, -0.2) is 4.98 Å². The van der Waals surface area contributed by atoms with Crippen LogP contribution in [-0.2, 0) is 6.42 Å². The molecule has 2 aromatic carbocycles. The Morgan fingerprint density at radius 2 is 2.12 bits per heavy atom. The van der Waals surface area contributed by atoms with Crippen molar-refractivity contribution in [3.8, 4) is 28.6 Å². The zero-order valence-corrected chi connectivity index (χ0v) is 13.2. The molecule has 0 aliphatic carbocycles. The lowest BCUT2D eigenvalue weighted by Gasteiger charge is -2.12. The van der Waals surface area contributed by atoms with Gasteiger partial charge in [0, 0.05) is 29.9 Å². The van der Waals surface area contributed by atoms with E-state index in [9.17, 15) is 0 Å². The Balaban J connectivity index is 1.75. The van der Waals surface area contributed by atoms with Gasteiger partial charge >= 0.3 is 0 Å². The van der Waals surface area contributed by atoms with Crippen molar-refractivity contribution < 1.29 is 14.6 Å². The highest BCUT2D eigenvalue weighted by Crippen LogP contribution is 2.33. The first kappa shape index (κ1) is 14.8. The van der Waals surface area contributed by atoms with Crippen LogP contribution < -0.4 is 9.47 Å². The number of ether oxygens (including phenoxy) is 2. The van der Waals surface area contributed by atoms with E-state index in [1.807, 2.05) is 42.6 Å². The molecule has 1 aromatic heterocycles. The maximum Gasteiger partial charge on any atom is 0.144 e. The number of imidazole rings is 1. The topological polar surface area (TPSA) is 56.5 Å². The largest absolute Gasteiger partial charge is 0.493 e. The van der Waals surface area contributed by atoms with Gasteiger partial charge in [0.15, 0.2) is 0 Å². The van der Waals surface area contributed by atoms with Gasteiger partial charge in [-0.15, -0.1) is 0 Å². The van der Waals surface area contributed by atoms with Gasteiger partial charge in [-0.2, -0.15) is 0 Å². The molecule has 3 aromatic rings. The molecule has 24 heavy (non-hydrogen) atoms. The molecule has 2 heterocycles. The van der Waals surface area contributed by atoms with Crippen LogP contribution in [-0.4, -0.2) is 34.5 Å². The van der Waals surface area contributed by atoms with Gasteiger partial charge in [0.2, 0.25) is 0 Å². The molecule has 4 rings (SSSR count). The van der Waals surface area contributed by atoms with Crippen molar-refractivity contribution in [1.82, 2.24) is 9.55 Å². The predicted molar refractivity (Wildman–Crippen MR) is 90.8 cm³/mol. The second-order valence-electron chi connectivity index (χ2n) is 5.57. The van der Waals surface area contributed by atoms with Crippen LogP contribution in [0, 0.1) is 0 Å². The summed E-state index contributed by atoms with van der Waals surface area (Å²) in [6, 6.07) is 13.8. The monoisotopic (exact) mass is 322 g/mol. The summed E-state index contributed by atoms with van der Waals surface area (Å²) in [7, 11) is 0. The summed E-state index contributed by atoms with van der Waals surface area (Å²) in [5.74, 6) is 2.52. The van der Waals surface area contributed by atoms with Crippen LogP contribution in [0.1, 0.15) is 5.56 Å². The summed E-state index contributed by atoms with van der Waals surface area (Å²) in [4.78, 5) is 4.53. The first-order valence-corrected chi connectivity index (χ1v) is 7.99. The molecule has 122 valence electrons. The summed E-state index contributed by atoms with van der Waals surface area (Å²) in [5.41, 5.74) is 3.27. The molecule has 0 spiro atoms. The Morgan fingerprint density at radius 3 is 3.04 bits per heavy atom. The molecular weight excluding hydrogens is 304 g/mol. The fourth-order valence-corrected chi connectivity index (χ4v) is 3.03. The number of aromatic nitrogens is 2. The van der Waals surface area contributed by atoms with Crippen molar-refractivity contribution in [3.05, 3.63) is 60.4 Å². The SMILES string of the molecule is OCCOc1cccc(-c2nccn2-c2cccc3c2CCO3)c1. The van der Waals surface area contributed by atoms with Crippen LogP contribution in [0.2, 0.25) is 0 Å². The minimum absolute atomic E-state index is 0.00495. The first-order chi connectivity index (χ1) is 11.9. The van der Waals surface area contributed by atoms with Gasteiger partial charge in [0.1, 0.15) is 23.9 Å². The number of hydrogen-bond donors (Lipinski definition) is 1. The average Bonchev–Trinajstić information content (AvgIpc) is 3.29. The molecule has 1 aliphatic heterocycles. The molecule has 0 fully saturated rings. The van der Waals surface area contributed by atoms with E-state index in [1.165, 1.54) is 5.56 Å². The lowest BCUT2D eigenvalue weighted by atomic mass is 10.1. The molecule has 5 heteroatoms. The van der Waals surface area contributed by atoms with Crippen molar-refractivity contribution in [1.29, 1.82) is 0 Å². The maximum absolute atomic E-state index is 8.91. The van der Waals surface area contributed by atoms with Gasteiger partial charge in [0.25, 0.3) is 0 Å². The van der Waals surface area contributed by atoms with E-state index in [0.717, 1.165) is 41.6 Å². The molecule has 5 nitrogen and oxygen atoms in total. The van der Waals surface area contributed by atoms with Crippen molar-refractivity contribution in [2.75, 3.05) is 19.8 Å². The molecule has 0 bridgehead atoms. The van der Waals surface area contributed by atoms with Crippen LogP contribution in [0.15, 0.2) is 54.9 Å². The molecule has 0 saturated heterocycles. The normalized spacial score (nSPS) is 12.7. The highest BCUT2D eigenvalue weighted by atomic mass is 16.5. The van der Waals surface area contributed by atoms with Crippen LogP contribution in [0.3, 0.4) is 0 Å². The van der Waals surface area contributed by atoms with Crippen LogP contribution in [0.4, 0.5) is 0 Å². The number of fused-ring (bicyclic) bond motifs is 1. The molecule has 1 N–H and O–H groups in total.